The fourth-order valence-corrected chi connectivity index (χ4v) is 4.04. The summed E-state index contributed by atoms with van der Waals surface area (Å²) in [7, 11) is 0. The summed E-state index contributed by atoms with van der Waals surface area (Å²) in [6.07, 6.45) is 3.17. The van der Waals surface area contributed by atoms with Crippen molar-refractivity contribution in [3.8, 4) is 11.3 Å². The molecule has 0 saturated carbocycles. The van der Waals surface area contributed by atoms with Crippen LogP contribution in [0.15, 0.2) is 54.2 Å². The number of para-hydroxylation sites is 1. The highest BCUT2D eigenvalue weighted by molar-refractivity contribution is 7.14. The molecule has 1 atom stereocenters. The Morgan fingerprint density at radius 3 is 2.86 bits per heavy atom. The first-order valence-corrected chi connectivity index (χ1v) is 10.2. The third-order valence-corrected chi connectivity index (χ3v) is 5.47. The summed E-state index contributed by atoms with van der Waals surface area (Å²) in [6.45, 7) is 3.99. The number of nitrogens with zero attached hydrogens (tertiary/aromatic N) is 3. The van der Waals surface area contributed by atoms with Gasteiger partial charge in [-0.1, -0.05) is 26.0 Å². The number of thiazole rings is 1. The Morgan fingerprint density at radius 1 is 1.28 bits per heavy atom. The molecule has 7 nitrogen and oxygen atoms in total. The number of nitrogens with one attached hydrogen (secondary N) is 2. The number of fused-ring (bicyclic) bond motifs is 1. The van der Waals surface area contributed by atoms with Crippen LogP contribution in [0, 0.1) is 5.92 Å². The highest BCUT2D eigenvalue weighted by Crippen LogP contribution is 2.28. The Morgan fingerprint density at radius 2 is 2.10 bits per heavy atom. The molecule has 2 N–H and O–H groups in total. The summed E-state index contributed by atoms with van der Waals surface area (Å²) in [5.41, 5.74) is 3.01. The molecule has 1 aromatic carbocycles. The van der Waals surface area contributed by atoms with Crippen LogP contribution in [-0.4, -0.2) is 39.4 Å². The van der Waals surface area contributed by atoms with E-state index in [9.17, 15) is 9.59 Å². The van der Waals surface area contributed by atoms with Gasteiger partial charge in [0, 0.05) is 29.0 Å². The zero-order valence-corrected chi connectivity index (χ0v) is 16.9. The Balaban J connectivity index is 1.49. The van der Waals surface area contributed by atoms with Crippen molar-refractivity contribution >= 4 is 34.0 Å². The van der Waals surface area contributed by atoms with Gasteiger partial charge >= 0.3 is 0 Å². The minimum absolute atomic E-state index is 0.0508. The van der Waals surface area contributed by atoms with Gasteiger partial charge in [-0.2, -0.15) is 0 Å². The van der Waals surface area contributed by atoms with Crippen LogP contribution in [0.4, 0.5) is 10.8 Å². The van der Waals surface area contributed by atoms with Gasteiger partial charge in [0.05, 0.1) is 11.3 Å². The summed E-state index contributed by atoms with van der Waals surface area (Å²) in [4.78, 5) is 35.8. The lowest BCUT2D eigenvalue weighted by atomic mass is 10.0. The van der Waals surface area contributed by atoms with Crippen molar-refractivity contribution in [1.82, 2.24) is 14.9 Å². The number of pyridine rings is 1. The van der Waals surface area contributed by atoms with Crippen LogP contribution in [0.25, 0.3) is 11.3 Å². The van der Waals surface area contributed by atoms with Crippen LogP contribution < -0.4 is 10.6 Å². The predicted molar refractivity (Wildman–Crippen MR) is 114 cm³/mol. The topological polar surface area (TPSA) is 87.2 Å². The van der Waals surface area contributed by atoms with Crippen LogP contribution in [0.2, 0.25) is 0 Å². The molecule has 0 radical (unpaired) electrons. The molecule has 3 aromatic rings. The number of carbonyl (C=O) groups is 2. The van der Waals surface area contributed by atoms with Gasteiger partial charge in [-0.05, 0) is 30.2 Å². The number of carbonyl (C=O) groups excluding carboxylic acids is 2. The van der Waals surface area contributed by atoms with E-state index in [0.29, 0.717) is 10.7 Å². The molecule has 2 amide bonds. The highest BCUT2D eigenvalue weighted by atomic mass is 32.1. The van der Waals surface area contributed by atoms with E-state index in [1.807, 2.05) is 49.6 Å². The fourth-order valence-electron chi connectivity index (χ4n) is 3.30. The summed E-state index contributed by atoms with van der Waals surface area (Å²) in [5, 5.41) is 8.55. The Labute approximate surface area is 172 Å². The van der Waals surface area contributed by atoms with Gasteiger partial charge in [-0.25, -0.2) is 4.98 Å². The molecule has 0 saturated heterocycles. The summed E-state index contributed by atoms with van der Waals surface area (Å²) < 4.78 is 0. The Kier molecular flexibility index (Phi) is 5.26. The van der Waals surface area contributed by atoms with Crippen molar-refractivity contribution in [2.45, 2.75) is 20.0 Å². The molecule has 0 bridgehead atoms. The molecule has 0 aliphatic carbocycles. The molecule has 2 aromatic heterocycles. The van der Waals surface area contributed by atoms with E-state index in [1.54, 1.807) is 23.4 Å². The number of rotatable bonds is 5. The van der Waals surface area contributed by atoms with Crippen molar-refractivity contribution < 1.29 is 9.59 Å². The van der Waals surface area contributed by atoms with Gasteiger partial charge in [0.15, 0.2) is 5.13 Å². The van der Waals surface area contributed by atoms with Crippen molar-refractivity contribution in [3.63, 3.8) is 0 Å². The second-order valence-corrected chi connectivity index (χ2v) is 8.00. The van der Waals surface area contributed by atoms with Crippen LogP contribution in [0.1, 0.15) is 24.2 Å². The molecule has 4 rings (SSSR count). The predicted octanol–water partition coefficient (Wildman–Crippen LogP) is 3.69. The molecule has 1 aliphatic rings. The third kappa shape index (κ3) is 3.97. The monoisotopic (exact) mass is 407 g/mol. The minimum atomic E-state index is -0.280. The number of aromatic nitrogens is 2. The summed E-state index contributed by atoms with van der Waals surface area (Å²) in [5.74, 6) is -0.294. The molecule has 8 heteroatoms. The molecule has 0 fully saturated rings. The number of hydrogen-bond acceptors (Lipinski definition) is 6. The third-order valence-electron chi connectivity index (χ3n) is 4.71. The highest BCUT2D eigenvalue weighted by Gasteiger charge is 2.34. The maximum atomic E-state index is 13.0. The Hall–Kier alpha value is -3.26. The lowest BCUT2D eigenvalue weighted by Crippen LogP contribution is -2.53. The van der Waals surface area contributed by atoms with E-state index in [1.165, 1.54) is 11.3 Å². The van der Waals surface area contributed by atoms with Crippen molar-refractivity contribution in [1.29, 1.82) is 0 Å². The van der Waals surface area contributed by atoms with Crippen molar-refractivity contribution in [2.75, 3.05) is 17.2 Å². The van der Waals surface area contributed by atoms with Gasteiger partial charge in [0.2, 0.25) is 5.91 Å². The average Bonchev–Trinajstić information content (AvgIpc) is 3.19. The molecule has 29 heavy (non-hydrogen) atoms. The first-order chi connectivity index (χ1) is 14.0. The lowest BCUT2D eigenvalue weighted by Gasteiger charge is -2.39. The van der Waals surface area contributed by atoms with Crippen LogP contribution in [0.3, 0.4) is 0 Å². The first kappa shape index (κ1) is 19.1. The normalized spacial score (nSPS) is 15.8. The number of benzene rings is 1. The number of anilines is 2. The van der Waals surface area contributed by atoms with E-state index in [4.69, 9.17) is 0 Å². The molecular weight excluding hydrogens is 386 g/mol. The van der Waals surface area contributed by atoms with Gasteiger partial charge in [0.25, 0.3) is 5.91 Å². The quantitative estimate of drug-likeness (QED) is 0.673. The molecule has 148 valence electrons. The second kappa shape index (κ2) is 8.00. The average molecular weight is 407 g/mol. The zero-order chi connectivity index (χ0) is 20.4. The molecule has 3 heterocycles. The molecular formula is C21H21N5O2S. The van der Waals surface area contributed by atoms with E-state index in [2.05, 4.69) is 20.6 Å². The summed E-state index contributed by atoms with van der Waals surface area (Å²) in [6, 6.07) is 11.1. The Bertz CT molecular complexity index is 1030. The lowest BCUT2D eigenvalue weighted by molar-refractivity contribution is -0.117. The van der Waals surface area contributed by atoms with Crippen molar-refractivity contribution in [2.24, 2.45) is 5.92 Å². The van der Waals surface area contributed by atoms with E-state index >= 15 is 0 Å². The van der Waals surface area contributed by atoms with Crippen LogP contribution >= 0.6 is 11.3 Å². The largest absolute Gasteiger partial charge is 0.364 e. The molecule has 1 unspecified atom stereocenters. The maximum Gasteiger partial charge on any atom is 0.258 e. The number of amides is 2. The first-order valence-electron chi connectivity index (χ1n) is 9.35. The van der Waals surface area contributed by atoms with Gasteiger partial charge < -0.3 is 15.5 Å². The van der Waals surface area contributed by atoms with Crippen LogP contribution in [-0.2, 0) is 4.79 Å². The maximum absolute atomic E-state index is 13.0. The van der Waals surface area contributed by atoms with Gasteiger partial charge in [-0.15, -0.1) is 11.3 Å². The van der Waals surface area contributed by atoms with Gasteiger partial charge in [0.1, 0.15) is 12.7 Å². The van der Waals surface area contributed by atoms with E-state index in [-0.39, 0.29) is 30.4 Å². The molecule has 1 aliphatic heterocycles. The van der Waals surface area contributed by atoms with E-state index < -0.39 is 0 Å². The smallest absolute Gasteiger partial charge is 0.258 e. The summed E-state index contributed by atoms with van der Waals surface area (Å²) >= 11 is 1.34. The second-order valence-electron chi connectivity index (χ2n) is 7.14. The van der Waals surface area contributed by atoms with Crippen molar-refractivity contribution in [3.05, 3.63) is 59.7 Å². The fraction of sp³-hybridized carbons (Fsp3) is 0.238. The standard InChI is InChI=1S/C21H21N5O2S/c1-13(2)19-23-16-8-4-3-7-15(16)20(28)26(19)11-18(27)25-21-24-17(12-29-21)14-6-5-9-22-10-14/h3-10,12-13,19,23H,11H2,1-2H3,(H,24,25,27). The zero-order valence-electron chi connectivity index (χ0n) is 16.1. The SMILES string of the molecule is CC(C)C1Nc2ccccc2C(=O)N1CC(=O)Nc1nc(-c2cccnc2)cs1. The number of hydrogen-bond donors (Lipinski definition) is 2. The van der Waals surface area contributed by atoms with E-state index in [0.717, 1.165) is 16.9 Å². The van der Waals surface area contributed by atoms with Crippen LogP contribution in [0.5, 0.6) is 0 Å². The molecule has 0 spiro atoms. The van der Waals surface area contributed by atoms with Gasteiger partial charge in [-0.3, -0.25) is 14.6 Å². The minimum Gasteiger partial charge on any atom is -0.364 e.